The molecule has 1 aliphatic heterocycles. The summed E-state index contributed by atoms with van der Waals surface area (Å²) >= 11 is 3.27. The predicted octanol–water partition coefficient (Wildman–Crippen LogP) is 2.72. The highest BCUT2D eigenvalue weighted by atomic mass is 79.9. The fourth-order valence-corrected chi connectivity index (χ4v) is 2.15. The van der Waals surface area contributed by atoms with Gasteiger partial charge in [0, 0.05) is 6.04 Å². The number of hydrogen-bond donors (Lipinski definition) is 1. The monoisotopic (exact) mass is 273 g/mol. The first-order chi connectivity index (χ1) is 7.25. The summed E-state index contributed by atoms with van der Waals surface area (Å²) in [6.07, 6.45) is 2.36. The molecule has 2 rings (SSSR count). The van der Waals surface area contributed by atoms with Crippen molar-refractivity contribution in [2.45, 2.75) is 18.9 Å². The van der Waals surface area contributed by atoms with Gasteiger partial charge in [0.15, 0.2) is 0 Å². The maximum atomic E-state index is 12.8. The zero-order valence-corrected chi connectivity index (χ0v) is 9.89. The molecule has 1 aromatic carbocycles. The summed E-state index contributed by atoms with van der Waals surface area (Å²) in [5.41, 5.74) is 0. The minimum absolute atomic E-state index is 0.256. The maximum Gasteiger partial charge on any atom is 0.133 e. The van der Waals surface area contributed by atoms with Crippen LogP contribution in [0.5, 0.6) is 5.75 Å². The molecule has 82 valence electrons. The van der Waals surface area contributed by atoms with Crippen LogP contribution in [0.2, 0.25) is 0 Å². The molecule has 1 atom stereocenters. The minimum atomic E-state index is -0.256. The molecule has 15 heavy (non-hydrogen) atoms. The molecule has 4 heteroatoms. The third-order valence-corrected chi connectivity index (χ3v) is 3.12. The molecular formula is C11H13BrFNO. The van der Waals surface area contributed by atoms with Crippen LogP contribution in [-0.4, -0.2) is 19.2 Å². The van der Waals surface area contributed by atoms with Gasteiger partial charge >= 0.3 is 0 Å². The summed E-state index contributed by atoms with van der Waals surface area (Å²) < 4.78 is 19.1. The van der Waals surface area contributed by atoms with Crippen molar-refractivity contribution in [2.24, 2.45) is 0 Å². The first kappa shape index (κ1) is 10.9. The van der Waals surface area contributed by atoms with Gasteiger partial charge in [-0.05, 0) is 53.5 Å². The molecule has 0 saturated carbocycles. The Morgan fingerprint density at radius 3 is 3.07 bits per heavy atom. The lowest BCUT2D eigenvalue weighted by molar-refractivity contribution is 0.275. The van der Waals surface area contributed by atoms with Gasteiger partial charge in [0.25, 0.3) is 0 Å². The van der Waals surface area contributed by atoms with Gasteiger partial charge in [-0.2, -0.15) is 0 Å². The predicted molar refractivity (Wildman–Crippen MR) is 60.6 cm³/mol. The molecule has 0 spiro atoms. The van der Waals surface area contributed by atoms with E-state index in [0.717, 1.165) is 13.0 Å². The van der Waals surface area contributed by atoms with E-state index in [-0.39, 0.29) is 5.82 Å². The van der Waals surface area contributed by atoms with Crippen molar-refractivity contribution in [3.63, 3.8) is 0 Å². The molecule has 0 bridgehead atoms. The van der Waals surface area contributed by atoms with E-state index in [2.05, 4.69) is 21.2 Å². The van der Waals surface area contributed by atoms with Gasteiger partial charge in [-0.15, -0.1) is 0 Å². The Labute approximate surface area is 96.9 Å². The van der Waals surface area contributed by atoms with E-state index in [1.165, 1.54) is 18.6 Å². The van der Waals surface area contributed by atoms with Crippen molar-refractivity contribution >= 4 is 15.9 Å². The van der Waals surface area contributed by atoms with Crippen molar-refractivity contribution in [2.75, 3.05) is 13.2 Å². The second kappa shape index (κ2) is 4.94. The Morgan fingerprint density at radius 2 is 2.40 bits per heavy atom. The van der Waals surface area contributed by atoms with Gasteiger partial charge in [0.1, 0.15) is 18.2 Å². The normalized spacial score (nSPS) is 20.5. The second-order valence-corrected chi connectivity index (χ2v) is 4.53. The molecule has 1 aliphatic rings. The molecule has 1 heterocycles. The van der Waals surface area contributed by atoms with Crippen molar-refractivity contribution in [1.82, 2.24) is 5.32 Å². The smallest absolute Gasteiger partial charge is 0.133 e. The van der Waals surface area contributed by atoms with E-state index in [1.807, 2.05) is 0 Å². The highest BCUT2D eigenvalue weighted by Gasteiger charge is 2.14. The average molecular weight is 274 g/mol. The Hall–Kier alpha value is -0.610. The van der Waals surface area contributed by atoms with Crippen LogP contribution in [0, 0.1) is 5.82 Å². The summed E-state index contributed by atoms with van der Waals surface area (Å²) in [4.78, 5) is 0. The van der Waals surface area contributed by atoms with Crippen LogP contribution >= 0.6 is 15.9 Å². The van der Waals surface area contributed by atoms with E-state index >= 15 is 0 Å². The highest BCUT2D eigenvalue weighted by molar-refractivity contribution is 9.10. The molecular weight excluding hydrogens is 261 g/mol. The Bertz CT molecular complexity index is 339. The first-order valence-corrected chi connectivity index (χ1v) is 5.86. The topological polar surface area (TPSA) is 21.3 Å². The third-order valence-electron chi connectivity index (χ3n) is 2.50. The Morgan fingerprint density at radius 1 is 1.53 bits per heavy atom. The van der Waals surface area contributed by atoms with Crippen molar-refractivity contribution in [3.05, 3.63) is 28.5 Å². The van der Waals surface area contributed by atoms with Gasteiger partial charge < -0.3 is 10.1 Å². The van der Waals surface area contributed by atoms with E-state index in [4.69, 9.17) is 4.74 Å². The Kier molecular flexibility index (Phi) is 3.59. The maximum absolute atomic E-state index is 12.8. The van der Waals surface area contributed by atoms with Crippen LogP contribution < -0.4 is 10.1 Å². The van der Waals surface area contributed by atoms with Gasteiger partial charge in [0.2, 0.25) is 0 Å². The van der Waals surface area contributed by atoms with Crippen LogP contribution in [0.4, 0.5) is 4.39 Å². The second-order valence-electron chi connectivity index (χ2n) is 3.68. The lowest BCUT2D eigenvalue weighted by Crippen LogP contribution is -2.28. The molecule has 1 N–H and O–H groups in total. The molecule has 0 amide bonds. The number of rotatable bonds is 3. The molecule has 1 aromatic rings. The number of hydrogen-bond acceptors (Lipinski definition) is 2. The number of halogens is 2. The van der Waals surface area contributed by atoms with Crippen molar-refractivity contribution < 1.29 is 9.13 Å². The summed E-state index contributed by atoms with van der Waals surface area (Å²) in [6.45, 7) is 1.71. The van der Waals surface area contributed by atoms with Gasteiger partial charge in [-0.1, -0.05) is 0 Å². The standard InChI is InChI=1S/C11H13BrFNO/c12-10-6-8(13)3-4-11(10)15-7-9-2-1-5-14-9/h3-4,6,9,14H,1-2,5,7H2/t9-/m0/s1. The van der Waals surface area contributed by atoms with Crippen LogP contribution in [-0.2, 0) is 0 Å². The molecule has 1 saturated heterocycles. The molecule has 2 nitrogen and oxygen atoms in total. The van der Waals surface area contributed by atoms with Gasteiger partial charge in [-0.25, -0.2) is 4.39 Å². The van der Waals surface area contributed by atoms with Gasteiger partial charge in [0.05, 0.1) is 4.47 Å². The van der Waals surface area contributed by atoms with E-state index < -0.39 is 0 Å². The summed E-state index contributed by atoms with van der Waals surface area (Å²) in [5.74, 6) is 0.443. The fourth-order valence-electron chi connectivity index (χ4n) is 1.68. The molecule has 0 aromatic heterocycles. The number of nitrogens with one attached hydrogen (secondary N) is 1. The number of ether oxygens (including phenoxy) is 1. The zero-order valence-electron chi connectivity index (χ0n) is 8.30. The van der Waals surface area contributed by atoms with E-state index in [0.29, 0.717) is 22.9 Å². The highest BCUT2D eigenvalue weighted by Crippen LogP contribution is 2.25. The lowest BCUT2D eigenvalue weighted by Gasteiger charge is -2.13. The minimum Gasteiger partial charge on any atom is -0.491 e. The van der Waals surface area contributed by atoms with Crippen LogP contribution in [0.1, 0.15) is 12.8 Å². The van der Waals surface area contributed by atoms with Crippen LogP contribution in [0.3, 0.4) is 0 Å². The lowest BCUT2D eigenvalue weighted by atomic mass is 10.2. The van der Waals surface area contributed by atoms with E-state index in [1.54, 1.807) is 6.07 Å². The SMILES string of the molecule is Fc1ccc(OC[C@@H]2CCCN2)c(Br)c1. The summed E-state index contributed by atoms with van der Waals surface area (Å²) in [5, 5.41) is 3.34. The van der Waals surface area contributed by atoms with Crippen molar-refractivity contribution in [3.8, 4) is 5.75 Å². The summed E-state index contributed by atoms with van der Waals surface area (Å²) in [6, 6.07) is 4.90. The zero-order chi connectivity index (χ0) is 10.7. The van der Waals surface area contributed by atoms with Crippen LogP contribution in [0.15, 0.2) is 22.7 Å². The molecule has 0 radical (unpaired) electrons. The summed E-state index contributed by atoms with van der Waals surface area (Å²) in [7, 11) is 0. The number of benzene rings is 1. The van der Waals surface area contributed by atoms with E-state index in [9.17, 15) is 4.39 Å². The molecule has 0 aliphatic carbocycles. The van der Waals surface area contributed by atoms with Crippen LogP contribution in [0.25, 0.3) is 0 Å². The molecule has 1 fully saturated rings. The quantitative estimate of drug-likeness (QED) is 0.915. The fraction of sp³-hybridized carbons (Fsp3) is 0.455. The average Bonchev–Trinajstić information content (AvgIpc) is 2.69. The van der Waals surface area contributed by atoms with Crippen molar-refractivity contribution in [1.29, 1.82) is 0 Å². The largest absolute Gasteiger partial charge is 0.491 e. The molecule has 0 unspecified atom stereocenters. The van der Waals surface area contributed by atoms with Gasteiger partial charge in [-0.3, -0.25) is 0 Å². The Balaban J connectivity index is 1.92. The first-order valence-electron chi connectivity index (χ1n) is 5.07. The third kappa shape index (κ3) is 2.92.